The van der Waals surface area contributed by atoms with E-state index in [1.54, 1.807) is 6.92 Å². The van der Waals surface area contributed by atoms with Gasteiger partial charge >= 0.3 is 72.6 Å². The van der Waals surface area contributed by atoms with Gasteiger partial charge in [-0.2, -0.15) is 0 Å². The first-order valence-corrected chi connectivity index (χ1v) is 5.15. The predicted molar refractivity (Wildman–Crippen MR) is 47.2 cm³/mol. The van der Waals surface area contributed by atoms with Crippen LogP contribution in [0.15, 0.2) is 24.3 Å². The zero-order valence-corrected chi connectivity index (χ0v) is 8.34. The van der Waals surface area contributed by atoms with Gasteiger partial charge in [-0.25, -0.2) is 0 Å². The van der Waals surface area contributed by atoms with E-state index in [1.165, 1.54) is 5.56 Å². The molecule has 0 N–H and O–H groups in total. The van der Waals surface area contributed by atoms with Gasteiger partial charge in [0.15, 0.2) is 0 Å². The topological polar surface area (TPSA) is 17.1 Å². The molecule has 0 amide bonds. The standard InChI is InChI=1S/C9H10OSe/c1-7-3-5-9(6-4-7)11-8(2)10/h3-6H,1-2H3. The molecule has 1 aromatic rings. The number of carbonyl (C=O) groups is 1. The van der Waals surface area contributed by atoms with Crippen molar-refractivity contribution >= 4 is 24.1 Å². The van der Waals surface area contributed by atoms with Gasteiger partial charge in [0.2, 0.25) is 0 Å². The molecule has 0 saturated heterocycles. The Morgan fingerprint density at radius 1 is 1.27 bits per heavy atom. The van der Waals surface area contributed by atoms with Crippen LogP contribution in [-0.2, 0) is 4.79 Å². The Kier molecular flexibility index (Phi) is 2.86. The van der Waals surface area contributed by atoms with Crippen LogP contribution in [0.4, 0.5) is 0 Å². The third kappa shape index (κ3) is 2.87. The van der Waals surface area contributed by atoms with E-state index in [1.807, 2.05) is 31.2 Å². The third-order valence-corrected chi connectivity index (χ3v) is 2.95. The van der Waals surface area contributed by atoms with E-state index in [9.17, 15) is 4.79 Å². The molecule has 1 rings (SSSR count). The molecular formula is C9H10OSe. The molecule has 0 bridgehead atoms. The molecule has 0 spiro atoms. The van der Waals surface area contributed by atoms with Crippen molar-refractivity contribution in [2.45, 2.75) is 13.8 Å². The van der Waals surface area contributed by atoms with Crippen LogP contribution >= 0.6 is 0 Å². The van der Waals surface area contributed by atoms with Crippen molar-refractivity contribution in [1.29, 1.82) is 0 Å². The summed E-state index contributed by atoms with van der Waals surface area (Å²) in [5, 5.41) is 0. The summed E-state index contributed by atoms with van der Waals surface area (Å²) in [6.45, 7) is 3.68. The summed E-state index contributed by atoms with van der Waals surface area (Å²) in [7, 11) is 0. The van der Waals surface area contributed by atoms with Crippen molar-refractivity contribution in [3.63, 3.8) is 0 Å². The molecule has 1 nitrogen and oxygen atoms in total. The molecule has 1 aromatic carbocycles. The molecule has 0 unspecified atom stereocenters. The van der Waals surface area contributed by atoms with Gasteiger partial charge in [-0.1, -0.05) is 0 Å². The summed E-state index contributed by atoms with van der Waals surface area (Å²) >= 11 is 0.0215. The van der Waals surface area contributed by atoms with Crippen LogP contribution in [0.5, 0.6) is 0 Å². The van der Waals surface area contributed by atoms with Crippen LogP contribution in [0, 0.1) is 6.92 Å². The van der Waals surface area contributed by atoms with Crippen molar-refractivity contribution in [3.8, 4) is 0 Å². The van der Waals surface area contributed by atoms with Crippen LogP contribution in [0.1, 0.15) is 12.5 Å². The van der Waals surface area contributed by atoms with E-state index < -0.39 is 0 Å². The molecule has 0 aliphatic heterocycles. The fraction of sp³-hybridized carbons (Fsp3) is 0.222. The summed E-state index contributed by atoms with van der Waals surface area (Å²) < 4.78 is 1.44. The summed E-state index contributed by atoms with van der Waals surface area (Å²) in [4.78, 5) is 10.7. The van der Waals surface area contributed by atoms with Crippen molar-refractivity contribution < 1.29 is 4.79 Å². The molecule has 11 heavy (non-hydrogen) atoms. The average Bonchev–Trinajstić information content (AvgIpc) is 1.93. The Balaban J connectivity index is 2.74. The number of hydrogen-bond acceptors (Lipinski definition) is 1. The number of carbonyl (C=O) groups excluding carboxylic acids is 1. The fourth-order valence-electron chi connectivity index (χ4n) is 0.772. The second-order valence-corrected chi connectivity index (χ2v) is 5.03. The maximum absolute atomic E-state index is 10.7. The molecular weight excluding hydrogens is 203 g/mol. The van der Waals surface area contributed by atoms with E-state index in [2.05, 4.69) is 0 Å². The number of aryl methyl sites for hydroxylation is 1. The Morgan fingerprint density at radius 2 is 1.82 bits per heavy atom. The summed E-state index contributed by atoms with van der Waals surface area (Å²) in [6, 6.07) is 8.13. The second-order valence-electron chi connectivity index (χ2n) is 2.41. The average molecular weight is 213 g/mol. The fourth-order valence-corrected chi connectivity index (χ4v) is 2.04. The number of hydrogen-bond donors (Lipinski definition) is 0. The van der Waals surface area contributed by atoms with Crippen molar-refractivity contribution in [2.75, 3.05) is 0 Å². The first kappa shape index (κ1) is 8.51. The van der Waals surface area contributed by atoms with Crippen LogP contribution in [-0.4, -0.2) is 19.6 Å². The van der Waals surface area contributed by atoms with Crippen molar-refractivity contribution in [1.82, 2.24) is 0 Å². The van der Waals surface area contributed by atoms with Gasteiger partial charge in [0.25, 0.3) is 0 Å². The Morgan fingerprint density at radius 3 is 2.27 bits per heavy atom. The number of rotatable bonds is 2. The minimum atomic E-state index is 0.0215. The Hall–Kier alpha value is -0.591. The summed E-state index contributed by atoms with van der Waals surface area (Å²) in [6.07, 6.45) is 0. The maximum atomic E-state index is 10.7. The van der Waals surface area contributed by atoms with Crippen molar-refractivity contribution in [3.05, 3.63) is 29.8 Å². The zero-order valence-electron chi connectivity index (χ0n) is 6.63. The van der Waals surface area contributed by atoms with Crippen LogP contribution < -0.4 is 4.46 Å². The molecule has 0 aliphatic rings. The van der Waals surface area contributed by atoms with Crippen LogP contribution in [0.2, 0.25) is 0 Å². The van der Waals surface area contributed by atoms with Gasteiger partial charge in [-0.15, -0.1) is 0 Å². The molecule has 0 atom stereocenters. The zero-order chi connectivity index (χ0) is 8.27. The van der Waals surface area contributed by atoms with E-state index in [0.29, 0.717) is 0 Å². The van der Waals surface area contributed by atoms with E-state index in [0.717, 1.165) is 4.46 Å². The summed E-state index contributed by atoms with van der Waals surface area (Å²) in [5.41, 5.74) is 1.24. The van der Waals surface area contributed by atoms with Gasteiger partial charge in [0.05, 0.1) is 0 Å². The first-order valence-electron chi connectivity index (χ1n) is 3.43. The quantitative estimate of drug-likeness (QED) is 0.666. The van der Waals surface area contributed by atoms with Crippen LogP contribution in [0.3, 0.4) is 0 Å². The Labute approximate surface area is 73.0 Å². The number of benzene rings is 1. The Bertz CT molecular complexity index is 251. The minimum absolute atomic E-state index is 0.0215. The van der Waals surface area contributed by atoms with Gasteiger partial charge in [-0.05, 0) is 0 Å². The molecule has 0 radical (unpaired) electrons. The van der Waals surface area contributed by atoms with Crippen LogP contribution in [0.25, 0.3) is 0 Å². The molecule has 0 aromatic heterocycles. The van der Waals surface area contributed by atoms with Gasteiger partial charge < -0.3 is 0 Å². The molecule has 0 aliphatic carbocycles. The molecule has 2 heteroatoms. The van der Waals surface area contributed by atoms with Gasteiger partial charge in [0.1, 0.15) is 0 Å². The third-order valence-electron chi connectivity index (χ3n) is 1.28. The monoisotopic (exact) mass is 214 g/mol. The summed E-state index contributed by atoms with van der Waals surface area (Å²) in [5.74, 6) is 0. The predicted octanol–water partition coefficient (Wildman–Crippen LogP) is 0.871. The SMILES string of the molecule is CC(=O)[Se]c1ccc(C)cc1. The molecule has 0 heterocycles. The van der Waals surface area contributed by atoms with E-state index in [-0.39, 0.29) is 19.6 Å². The normalized spacial score (nSPS) is 9.64. The molecule has 0 saturated carbocycles. The van der Waals surface area contributed by atoms with E-state index in [4.69, 9.17) is 0 Å². The van der Waals surface area contributed by atoms with E-state index >= 15 is 0 Å². The molecule has 58 valence electrons. The van der Waals surface area contributed by atoms with Crippen molar-refractivity contribution in [2.24, 2.45) is 0 Å². The van der Waals surface area contributed by atoms with Gasteiger partial charge in [0, 0.05) is 0 Å². The molecule has 0 fully saturated rings. The first-order chi connectivity index (χ1) is 5.18. The second kappa shape index (κ2) is 3.70. The van der Waals surface area contributed by atoms with Gasteiger partial charge in [-0.3, -0.25) is 0 Å².